The van der Waals surface area contributed by atoms with Crippen molar-refractivity contribution in [1.82, 2.24) is 20.4 Å². The summed E-state index contributed by atoms with van der Waals surface area (Å²) in [5.74, 6) is 0.744. The summed E-state index contributed by atoms with van der Waals surface area (Å²) in [7, 11) is 5.28. The van der Waals surface area contributed by atoms with Crippen LogP contribution in [0.1, 0.15) is 32.1 Å². The molecule has 0 spiro atoms. The van der Waals surface area contributed by atoms with Gasteiger partial charge in [0.05, 0.1) is 13.2 Å². The highest BCUT2D eigenvalue weighted by Crippen LogP contribution is 2.43. The van der Waals surface area contributed by atoms with E-state index in [0.717, 1.165) is 71.3 Å². The number of halogens is 1. The molecule has 2 aliphatic rings. The molecule has 29 heavy (non-hydrogen) atoms. The summed E-state index contributed by atoms with van der Waals surface area (Å²) in [6, 6.07) is 0. The molecule has 1 saturated carbocycles. The number of likely N-dealkylation sites (N-methyl/N-ethyl adjacent to an activating group) is 1. The van der Waals surface area contributed by atoms with Gasteiger partial charge in [-0.2, -0.15) is 0 Å². The number of hydrogen-bond acceptors (Lipinski definition) is 5. The second-order valence-corrected chi connectivity index (χ2v) is 8.14. The van der Waals surface area contributed by atoms with Crippen molar-refractivity contribution in [3.63, 3.8) is 0 Å². The van der Waals surface area contributed by atoms with Gasteiger partial charge < -0.3 is 25.0 Å². The molecule has 2 fully saturated rings. The number of ether oxygens (including phenoxy) is 2. The van der Waals surface area contributed by atoms with Crippen molar-refractivity contribution in [2.24, 2.45) is 10.4 Å². The van der Waals surface area contributed by atoms with E-state index in [0.29, 0.717) is 5.41 Å². The largest absolute Gasteiger partial charge is 0.385 e. The third-order valence-corrected chi connectivity index (χ3v) is 5.80. The molecule has 8 nitrogen and oxygen atoms in total. The van der Waals surface area contributed by atoms with Gasteiger partial charge in [0, 0.05) is 54.0 Å². The van der Waals surface area contributed by atoms with Gasteiger partial charge in [-0.05, 0) is 37.6 Å². The van der Waals surface area contributed by atoms with E-state index in [2.05, 4.69) is 20.5 Å². The Balaban J connectivity index is 0.00000420. The standard InChI is InChI=1S/C20H39N5O3.HI/c1-24(2)18(26)16-22-19(21-9-5-10-25-11-14-28-15-12-25)23-17-20(6-4-7-20)8-13-27-3;/h4-17H2,1-3H3,(H2,21,22,23);1H. The molecule has 1 heterocycles. The molecular weight excluding hydrogens is 485 g/mol. The number of amides is 1. The predicted octanol–water partition coefficient (Wildman–Crippen LogP) is 1.16. The van der Waals surface area contributed by atoms with E-state index in [9.17, 15) is 4.79 Å². The van der Waals surface area contributed by atoms with Crippen LogP contribution < -0.4 is 10.6 Å². The Kier molecular flexibility index (Phi) is 13.1. The fourth-order valence-corrected chi connectivity index (χ4v) is 3.58. The fraction of sp³-hybridized carbons (Fsp3) is 0.900. The van der Waals surface area contributed by atoms with Gasteiger partial charge in [0.25, 0.3) is 0 Å². The van der Waals surface area contributed by atoms with E-state index in [1.54, 1.807) is 26.1 Å². The van der Waals surface area contributed by atoms with E-state index in [1.807, 2.05) is 0 Å². The number of rotatable bonds is 11. The molecule has 170 valence electrons. The first-order chi connectivity index (χ1) is 13.5. The van der Waals surface area contributed by atoms with Crippen molar-refractivity contribution in [2.45, 2.75) is 32.1 Å². The van der Waals surface area contributed by atoms with Crippen LogP contribution in [-0.2, 0) is 14.3 Å². The van der Waals surface area contributed by atoms with E-state index in [-0.39, 0.29) is 36.4 Å². The van der Waals surface area contributed by atoms with E-state index in [1.165, 1.54) is 19.3 Å². The maximum absolute atomic E-state index is 11.9. The van der Waals surface area contributed by atoms with Gasteiger partial charge >= 0.3 is 0 Å². The van der Waals surface area contributed by atoms with Crippen LogP contribution in [0, 0.1) is 5.41 Å². The van der Waals surface area contributed by atoms with Crippen LogP contribution in [0.15, 0.2) is 4.99 Å². The Bertz CT molecular complexity index is 495. The molecule has 0 aromatic carbocycles. The molecule has 0 aromatic heterocycles. The molecule has 0 atom stereocenters. The van der Waals surface area contributed by atoms with Crippen molar-refractivity contribution in [3.05, 3.63) is 0 Å². The average molecular weight is 525 g/mol. The molecule has 0 bridgehead atoms. The maximum atomic E-state index is 11.9. The van der Waals surface area contributed by atoms with Gasteiger partial charge in [0.1, 0.15) is 6.54 Å². The van der Waals surface area contributed by atoms with Crippen molar-refractivity contribution in [2.75, 3.05) is 80.3 Å². The van der Waals surface area contributed by atoms with Crippen LogP contribution >= 0.6 is 24.0 Å². The van der Waals surface area contributed by atoms with E-state index in [4.69, 9.17) is 9.47 Å². The molecular formula is C20H40IN5O3. The summed E-state index contributed by atoms with van der Waals surface area (Å²) in [6.45, 7) is 7.41. The van der Waals surface area contributed by atoms with Crippen LogP contribution in [0.2, 0.25) is 0 Å². The zero-order chi connectivity index (χ0) is 20.2. The zero-order valence-corrected chi connectivity index (χ0v) is 20.7. The first kappa shape index (κ1) is 26.4. The monoisotopic (exact) mass is 525 g/mol. The Hall–Kier alpha value is -0.650. The minimum atomic E-state index is 0. The van der Waals surface area contributed by atoms with Crippen LogP contribution in [0.25, 0.3) is 0 Å². The lowest BCUT2D eigenvalue weighted by atomic mass is 9.67. The molecule has 0 unspecified atom stereocenters. The molecule has 9 heteroatoms. The molecule has 2 N–H and O–H groups in total. The van der Waals surface area contributed by atoms with Gasteiger partial charge in [-0.25, -0.2) is 4.99 Å². The third-order valence-electron chi connectivity index (χ3n) is 5.80. The first-order valence-corrected chi connectivity index (χ1v) is 10.6. The first-order valence-electron chi connectivity index (χ1n) is 10.6. The molecule has 0 aromatic rings. The number of methoxy groups -OCH3 is 1. The molecule has 0 radical (unpaired) electrons. The summed E-state index contributed by atoms with van der Waals surface area (Å²) in [6.07, 6.45) is 5.84. The zero-order valence-electron chi connectivity index (χ0n) is 18.4. The number of guanidine groups is 1. The van der Waals surface area contributed by atoms with Crippen molar-refractivity contribution in [3.8, 4) is 0 Å². The van der Waals surface area contributed by atoms with Crippen LogP contribution in [0.3, 0.4) is 0 Å². The number of carbonyl (C=O) groups excluding carboxylic acids is 1. The van der Waals surface area contributed by atoms with Crippen LogP contribution in [0.5, 0.6) is 0 Å². The van der Waals surface area contributed by atoms with Crippen LogP contribution in [-0.4, -0.2) is 102 Å². The number of aliphatic imine (C=N–C) groups is 1. The van der Waals surface area contributed by atoms with Gasteiger partial charge in [-0.1, -0.05) is 6.42 Å². The summed E-state index contributed by atoms with van der Waals surface area (Å²) >= 11 is 0. The highest BCUT2D eigenvalue weighted by atomic mass is 127. The summed E-state index contributed by atoms with van der Waals surface area (Å²) in [5.41, 5.74) is 0.303. The fourth-order valence-electron chi connectivity index (χ4n) is 3.58. The number of nitrogens with zero attached hydrogens (tertiary/aromatic N) is 3. The van der Waals surface area contributed by atoms with Crippen LogP contribution in [0.4, 0.5) is 0 Å². The van der Waals surface area contributed by atoms with Crippen molar-refractivity contribution in [1.29, 1.82) is 0 Å². The Morgan fingerprint density at radius 2 is 1.97 bits per heavy atom. The molecule has 2 rings (SSSR count). The lowest BCUT2D eigenvalue weighted by molar-refractivity contribution is -0.127. The minimum Gasteiger partial charge on any atom is -0.385 e. The molecule has 1 saturated heterocycles. The second kappa shape index (κ2) is 14.4. The minimum absolute atomic E-state index is 0. The summed E-state index contributed by atoms with van der Waals surface area (Å²) in [4.78, 5) is 20.4. The Labute approximate surface area is 193 Å². The topological polar surface area (TPSA) is 78.4 Å². The summed E-state index contributed by atoms with van der Waals surface area (Å²) < 4.78 is 10.7. The van der Waals surface area contributed by atoms with Crippen molar-refractivity contribution < 1.29 is 14.3 Å². The molecule has 1 aliphatic heterocycles. The molecule has 1 amide bonds. The Morgan fingerprint density at radius 1 is 1.24 bits per heavy atom. The highest BCUT2D eigenvalue weighted by molar-refractivity contribution is 14.0. The normalized spacial score (nSPS) is 19.1. The second-order valence-electron chi connectivity index (χ2n) is 8.14. The van der Waals surface area contributed by atoms with Gasteiger partial charge in [0.2, 0.25) is 5.91 Å². The lowest BCUT2D eigenvalue weighted by Gasteiger charge is -2.42. The maximum Gasteiger partial charge on any atom is 0.243 e. The SMILES string of the molecule is COCCC1(CNC(=NCC(=O)N(C)C)NCCCN2CCOCC2)CCC1.I. The lowest BCUT2D eigenvalue weighted by Crippen LogP contribution is -2.47. The number of hydrogen-bond donors (Lipinski definition) is 2. The third kappa shape index (κ3) is 9.80. The number of carbonyl (C=O) groups is 1. The van der Waals surface area contributed by atoms with Crippen molar-refractivity contribution >= 4 is 35.8 Å². The van der Waals surface area contributed by atoms with E-state index < -0.39 is 0 Å². The number of nitrogens with one attached hydrogen (secondary N) is 2. The average Bonchev–Trinajstić information content (AvgIpc) is 2.67. The Morgan fingerprint density at radius 3 is 2.55 bits per heavy atom. The predicted molar refractivity (Wildman–Crippen MR) is 127 cm³/mol. The molecule has 1 aliphatic carbocycles. The quantitative estimate of drug-likeness (QED) is 0.183. The highest BCUT2D eigenvalue weighted by Gasteiger charge is 2.36. The van der Waals surface area contributed by atoms with Gasteiger partial charge in [-0.15, -0.1) is 24.0 Å². The number of morpholine rings is 1. The van der Waals surface area contributed by atoms with E-state index >= 15 is 0 Å². The van der Waals surface area contributed by atoms with Gasteiger partial charge in [-0.3, -0.25) is 9.69 Å². The van der Waals surface area contributed by atoms with Gasteiger partial charge in [0.15, 0.2) is 5.96 Å². The summed E-state index contributed by atoms with van der Waals surface area (Å²) in [5, 5.41) is 6.89. The smallest absolute Gasteiger partial charge is 0.243 e.